The van der Waals surface area contributed by atoms with E-state index in [-0.39, 0.29) is 0 Å². The van der Waals surface area contributed by atoms with E-state index in [1.54, 1.807) is 0 Å². The molecule has 98 valence electrons. The van der Waals surface area contributed by atoms with Gasteiger partial charge in [-0.05, 0) is 31.5 Å². The van der Waals surface area contributed by atoms with Crippen LogP contribution in [0.15, 0.2) is 24.4 Å². The monoisotopic (exact) mass is 247 g/mol. The number of nitrogens with one attached hydrogen (secondary N) is 3. The zero-order valence-electron chi connectivity index (χ0n) is 10.6. The summed E-state index contributed by atoms with van der Waals surface area (Å²) in [7, 11) is 0. The molecule has 0 amide bonds. The molecule has 0 aliphatic carbocycles. The summed E-state index contributed by atoms with van der Waals surface area (Å²) >= 11 is 0. The average molecular weight is 247 g/mol. The normalized spacial score (nSPS) is 30.2. The molecule has 0 radical (unpaired) electrons. The maximum Gasteiger partial charge on any atom is 0.0749 e. The van der Waals surface area contributed by atoms with Crippen LogP contribution in [0.25, 0.3) is 0 Å². The van der Waals surface area contributed by atoms with Gasteiger partial charge in [0.25, 0.3) is 0 Å². The Kier molecular flexibility index (Phi) is 3.85. The van der Waals surface area contributed by atoms with Crippen LogP contribution in [-0.2, 0) is 0 Å². The topological polar surface area (TPSA) is 52.2 Å². The van der Waals surface area contributed by atoms with Gasteiger partial charge < -0.3 is 5.32 Å². The van der Waals surface area contributed by atoms with E-state index in [0.717, 1.165) is 31.7 Å². The van der Waals surface area contributed by atoms with E-state index in [1.807, 2.05) is 18.3 Å². The highest BCUT2D eigenvalue weighted by Gasteiger charge is 2.30. The number of hydrazine groups is 1. The van der Waals surface area contributed by atoms with Crippen LogP contribution >= 0.6 is 0 Å². The number of hydrogen-bond donors (Lipinski definition) is 3. The summed E-state index contributed by atoms with van der Waals surface area (Å²) in [6, 6.07) is 6.43. The van der Waals surface area contributed by atoms with Crippen molar-refractivity contribution in [1.29, 1.82) is 0 Å². The van der Waals surface area contributed by atoms with Crippen LogP contribution in [0.4, 0.5) is 0 Å². The SMILES string of the molecule is c1ccc(C2CC(N3CCCNCC3)NN2)nc1. The molecule has 2 atom stereocenters. The van der Waals surface area contributed by atoms with Crippen molar-refractivity contribution in [3.05, 3.63) is 30.1 Å². The van der Waals surface area contributed by atoms with Crippen molar-refractivity contribution in [1.82, 2.24) is 26.1 Å². The van der Waals surface area contributed by atoms with E-state index in [2.05, 4.69) is 32.1 Å². The number of aromatic nitrogens is 1. The minimum atomic E-state index is 0.326. The molecule has 1 aromatic rings. The van der Waals surface area contributed by atoms with Gasteiger partial charge in [-0.2, -0.15) is 0 Å². The molecule has 0 saturated carbocycles. The van der Waals surface area contributed by atoms with Gasteiger partial charge in [0, 0.05) is 25.8 Å². The van der Waals surface area contributed by atoms with Gasteiger partial charge in [0.1, 0.15) is 0 Å². The minimum absolute atomic E-state index is 0.326. The van der Waals surface area contributed by atoms with E-state index >= 15 is 0 Å². The molecule has 3 N–H and O–H groups in total. The quantitative estimate of drug-likeness (QED) is 0.699. The fourth-order valence-electron chi connectivity index (χ4n) is 2.73. The first-order chi connectivity index (χ1) is 8.93. The summed E-state index contributed by atoms with van der Waals surface area (Å²) in [6.07, 6.45) is 4.60. The van der Waals surface area contributed by atoms with Crippen molar-refractivity contribution in [2.24, 2.45) is 0 Å². The van der Waals surface area contributed by atoms with Gasteiger partial charge in [-0.15, -0.1) is 0 Å². The molecule has 2 fully saturated rings. The van der Waals surface area contributed by atoms with Crippen LogP contribution in [0.1, 0.15) is 24.6 Å². The number of nitrogens with zero attached hydrogens (tertiary/aromatic N) is 2. The lowest BCUT2D eigenvalue weighted by Crippen LogP contribution is -2.45. The summed E-state index contributed by atoms with van der Waals surface area (Å²) < 4.78 is 0. The minimum Gasteiger partial charge on any atom is -0.315 e. The molecule has 5 nitrogen and oxygen atoms in total. The van der Waals surface area contributed by atoms with Crippen LogP contribution in [0.2, 0.25) is 0 Å². The van der Waals surface area contributed by atoms with Gasteiger partial charge in [0.05, 0.1) is 17.9 Å². The first kappa shape index (κ1) is 12.0. The maximum absolute atomic E-state index is 4.43. The predicted octanol–water partition coefficient (Wildman–Crippen LogP) is 0.242. The summed E-state index contributed by atoms with van der Waals surface area (Å²) in [4.78, 5) is 6.95. The van der Waals surface area contributed by atoms with E-state index < -0.39 is 0 Å². The fraction of sp³-hybridized carbons (Fsp3) is 0.615. The molecular formula is C13H21N5. The van der Waals surface area contributed by atoms with Crippen LogP contribution in [0, 0.1) is 0 Å². The Morgan fingerprint density at radius 1 is 1.17 bits per heavy atom. The van der Waals surface area contributed by atoms with Gasteiger partial charge in [-0.25, -0.2) is 10.9 Å². The first-order valence-corrected chi connectivity index (χ1v) is 6.80. The molecule has 2 aliphatic heterocycles. The predicted molar refractivity (Wildman–Crippen MR) is 70.7 cm³/mol. The smallest absolute Gasteiger partial charge is 0.0749 e. The highest BCUT2D eigenvalue weighted by Crippen LogP contribution is 2.22. The summed E-state index contributed by atoms with van der Waals surface area (Å²) in [6.45, 7) is 4.52. The lowest BCUT2D eigenvalue weighted by Gasteiger charge is -2.26. The summed E-state index contributed by atoms with van der Waals surface area (Å²) in [5.41, 5.74) is 7.90. The third kappa shape index (κ3) is 2.70. The summed E-state index contributed by atoms with van der Waals surface area (Å²) in [5, 5.41) is 3.44. The van der Waals surface area contributed by atoms with Crippen LogP contribution in [0.3, 0.4) is 0 Å². The van der Waals surface area contributed by atoms with Gasteiger partial charge in [0.15, 0.2) is 0 Å². The van der Waals surface area contributed by atoms with Crippen LogP contribution in [0.5, 0.6) is 0 Å². The summed E-state index contributed by atoms with van der Waals surface area (Å²) in [5.74, 6) is 0. The molecular weight excluding hydrogens is 226 g/mol. The van der Waals surface area contributed by atoms with Gasteiger partial charge in [-0.3, -0.25) is 9.88 Å². The number of pyridine rings is 1. The van der Waals surface area contributed by atoms with Gasteiger partial charge in [-0.1, -0.05) is 6.07 Å². The molecule has 2 unspecified atom stereocenters. The van der Waals surface area contributed by atoms with E-state index in [4.69, 9.17) is 0 Å². The molecule has 0 spiro atoms. The second-order valence-electron chi connectivity index (χ2n) is 4.99. The Morgan fingerprint density at radius 2 is 2.17 bits per heavy atom. The van der Waals surface area contributed by atoms with Crippen molar-refractivity contribution in [2.75, 3.05) is 26.2 Å². The number of hydrogen-bond acceptors (Lipinski definition) is 5. The first-order valence-electron chi connectivity index (χ1n) is 6.80. The van der Waals surface area contributed by atoms with Gasteiger partial charge in [0.2, 0.25) is 0 Å². The van der Waals surface area contributed by atoms with E-state index in [1.165, 1.54) is 13.0 Å². The Morgan fingerprint density at radius 3 is 3.06 bits per heavy atom. The van der Waals surface area contributed by atoms with Crippen molar-refractivity contribution in [3.63, 3.8) is 0 Å². The molecule has 5 heteroatoms. The molecule has 18 heavy (non-hydrogen) atoms. The van der Waals surface area contributed by atoms with Crippen molar-refractivity contribution in [3.8, 4) is 0 Å². The lowest BCUT2D eigenvalue weighted by molar-refractivity contribution is 0.187. The Hall–Kier alpha value is -1.01. The zero-order chi connectivity index (χ0) is 12.2. The van der Waals surface area contributed by atoms with Gasteiger partial charge >= 0.3 is 0 Å². The molecule has 3 rings (SSSR count). The van der Waals surface area contributed by atoms with Crippen LogP contribution in [-0.4, -0.2) is 42.2 Å². The third-order valence-corrected chi connectivity index (χ3v) is 3.74. The average Bonchev–Trinajstić information content (AvgIpc) is 2.76. The number of rotatable bonds is 2. The standard InChI is InChI=1S/C13H21N5/c1-2-6-15-11(4-1)12-10-13(17-16-12)18-8-3-5-14-7-9-18/h1-2,4,6,12-14,16-17H,3,5,7-10H2. The lowest BCUT2D eigenvalue weighted by atomic mass is 10.1. The van der Waals surface area contributed by atoms with E-state index in [9.17, 15) is 0 Å². The largest absolute Gasteiger partial charge is 0.315 e. The Labute approximate surface area is 108 Å². The van der Waals surface area contributed by atoms with Crippen LogP contribution < -0.4 is 16.2 Å². The van der Waals surface area contributed by atoms with E-state index in [0.29, 0.717) is 12.2 Å². The fourth-order valence-corrected chi connectivity index (χ4v) is 2.73. The zero-order valence-corrected chi connectivity index (χ0v) is 10.6. The molecule has 1 aromatic heterocycles. The Bertz CT molecular complexity index is 361. The Balaban J connectivity index is 1.61. The molecule has 3 heterocycles. The van der Waals surface area contributed by atoms with Crippen molar-refractivity contribution < 1.29 is 0 Å². The van der Waals surface area contributed by atoms with Crippen molar-refractivity contribution >= 4 is 0 Å². The highest BCUT2D eigenvalue weighted by atomic mass is 15.5. The molecule has 0 bridgehead atoms. The second kappa shape index (κ2) is 5.75. The molecule has 0 aromatic carbocycles. The second-order valence-corrected chi connectivity index (χ2v) is 4.99. The maximum atomic E-state index is 4.43. The molecule has 2 aliphatic rings. The molecule has 2 saturated heterocycles. The third-order valence-electron chi connectivity index (χ3n) is 3.74. The highest BCUT2D eigenvalue weighted by molar-refractivity contribution is 5.10. The van der Waals surface area contributed by atoms with Crippen molar-refractivity contribution in [2.45, 2.75) is 25.0 Å².